The minimum Gasteiger partial charge on any atom is -0.484 e. The third-order valence-corrected chi connectivity index (χ3v) is 2.53. The predicted molar refractivity (Wildman–Crippen MR) is 64.3 cm³/mol. The van der Waals surface area contributed by atoms with E-state index in [1.165, 1.54) is 6.07 Å². The Bertz CT molecular complexity index is 392. The van der Waals surface area contributed by atoms with Gasteiger partial charge in [-0.2, -0.15) is 0 Å². The molecule has 0 aliphatic heterocycles. The van der Waals surface area contributed by atoms with Gasteiger partial charge in [-0.05, 0) is 24.5 Å². The molecule has 0 heterocycles. The fourth-order valence-corrected chi connectivity index (χ4v) is 1.35. The van der Waals surface area contributed by atoms with Gasteiger partial charge in [-0.1, -0.05) is 19.9 Å². The molecule has 0 radical (unpaired) electrons. The van der Waals surface area contributed by atoms with Crippen LogP contribution in [0.3, 0.4) is 0 Å². The SMILES string of the molecule is CCc1ccc(OCC(O)CC)c([N+](=O)[O-])c1. The quantitative estimate of drug-likeness (QED) is 0.610. The van der Waals surface area contributed by atoms with E-state index >= 15 is 0 Å². The van der Waals surface area contributed by atoms with Crippen molar-refractivity contribution in [3.63, 3.8) is 0 Å². The number of nitrogens with zero attached hydrogens (tertiary/aromatic N) is 1. The molecule has 0 aliphatic rings. The van der Waals surface area contributed by atoms with Crippen LogP contribution in [0.25, 0.3) is 0 Å². The molecule has 0 aromatic heterocycles. The second kappa shape index (κ2) is 6.20. The average molecular weight is 239 g/mol. The lowest BCUT2D eigenvalue weighted by Crippen LogP contribution is -2.16. The molecule has 1 aromatic carbocycles. The number of rotatable bonds is 6. The maximum absolute atomic E-state index is 10.9. The monoisotopic (exact) mass is 239 g/mol. The van der Waals surface area contributed by atoms with Gasteiger partial charge in [0, 0.05) is 6.07 Å². The Morgan fingerprint density at radius 3 is 2.71 bits per heavy atom. The molecule has 1 N–H and O–H groups in total. The van der Waals surface area contributed by atoms with Crippen molar-refractivity contribution in [2.45, 2.75) is 32.8 Å². The molecule has 5 heteroatoms. The highest BCUT2D eigenvalue weighted by Gasteiger charge is 2.16. The first kappa shape index (κ1) is 13.4. The van der Waals surface area contributed by atoms with Crippen molar-refractivity contribution in [3.8, 4) is 5.75 Å². The summed E-state index contributed by atoms with van der Waals surface area (Å²) in [4.78, 5) is 10.4. The van der Waals surface area contributed by atoms with Gasteiger partial charge in [0.25, 0.3) is 0 Å². The number of aliphatic hydroxyl groups is 1. The third-order valence-electron chi connectivity index (χ3n) is 2.53. The van der Waals surface area contributed by atoms with Crippen LogP contribution in [0, 0.1) is 10.1 Å². The summed E-state index contributed by atoms with van der Waals surface area (Å²) in [5.74, 6) is 0.208. The second-order valence-corrected chi connectivity index (χ2v) is 3.79. The first-order valence-corrected chi connectivity index (χ1v) is 5.66. The molecule has 0 aliphatic carbocycles. The zero-order chi connectivity index (χ0) is 12.8. The summed E-state index contributed by atoms with van der Waals surface area (Å²) in [7, 11) is 0. The van der Waals surface area contributed by atoms with Crippen molar-refractivity contribution in [1.29, 1.82) is 0 Å². The molecule has 1 aromatic rings. The van der Waals surface area contributed by atoms with E-state index < -0.39 is 11.0 Å². The first-order chi connectivity index (χ1) is 8.08. The normalized spacial score (nSPS) is 12.2. The number of nitro benzene ring substituents is 1. The highest BCUT2D eigenvalue weighted by Crippen LogP contribution is 2.28. The van der Waals surface area contributed by atoms with E-state index in [2.05, 4.69) is 0 Å². The number of hydrogen-bond acceptors (Lipinski definition) is 4. The second-order valence-electron chi connectivity index (χ2n) is 3.79. The molecule has 5 nitrogen and oxygen atoms in total. The number of benzene rings is 1. The van der Waals surface area contributed by atoms with Crippen molar-refractivity contribution < 1.29 is 14.8 Å². The number of aliphatic hydroxyl groups excluding tert-OH is 1. The van der Waals surface area contributed by atoms with Gasteiger partial charge < -0.3 is 9.84 Å². The molecule has 0 bridgehead atoms. The van der Waals surface area contributed by atoms with Crippen molar-refractivity contribution in [3.05, 3.63) is 33.9 Å². The summed E-state index contributed by atoms with van der Waals surface area (Å²) in [5.41, 5.74) is 0.841. The zero-order valence-corrected chi connectivity index (χ0v) is 10.0. The summed E-state index contributed by atoms with van der Waals surface area (Å²) in [5, 5.41) is 20.2. The lowest BCUT2D eigenvalue weighted by molar-refractivity contribution is -0.386. The topological polar surface area (TPSA) is 72.6 Å². The first-order valence-electron chi connectivity index (χ1n) is 5.66. The molecular weight excluding hydrogens is 222 g/mol. The van der Waals surface area contributed by atoms with Gasteiger partial charge in [-0.25, -0.2) is 0 Å². The summed E-state index contributed by atoms with van der Waals surface area (Å²) >= 11 is 0. The summed E-state index contributed by atoms with van der Waals surface area (Å²) < 4.78 is 5.26. The van der Waals surface area contributed by atoms with E-state index in [9.17, 15) is 15.2 Å². The van der Waals surface area contributed by atoms with Crippen LogP contribution in [-0.4, -0.2) is 22.7 Å². The fourth-order valence-electron chi connectivity index (χ4n) is 1.35. The Kier molecular flexibility index (Phi) is 4.90. The highest BCUT2D eigenvalue weighted by molar-refractivity contribution is 5.48. The maximum Gasteiger partial charge on any atom is 0.311 e. The van der Waals surface area contributed by atoms with E-state index in [-0.39, 0.29) is 18.0 Å². The molecule has 0 spiro atoms. The van der Waals surface area contributed by atoms with Crippen molar-refractivity contribution in [2.75, 3.05) is 6.61 Å². The zero-order valence-electron chi connectivity index (χ0n) is 10.0. The number of hydrogen-bond donors (Lipinski definition) is 1. The Morgan fingerprint density at radius 2 is 2.18 bits per heavy atom. The Labute approximate surface area is 100 Å². The number of ether oxygens (including phenoxy) is 1. The van der Waals surface area contributed by atoms with Crippen LogP contribution in [0.5, 0.6) is 5.75 Å². The summed E-state index contributed by atoms with van der Waals surface area (Å²) in [6.07, 6.45) is 0.694. The van der Waals surface area contributed by atoms with Gasteiger partial charge in [0.2, 0.25) is 0 Å². The van der Waals surface area contributed by atoms with Crippen LogP contribution in [0.4, 0.5) is 5.69 Å². The average Bonchev–Trinajstić information content (AvgIpc) is 2.35. The van der Waals surface area contributed by atoms with Gasteiger partial charge in [-0.3, -0.25) is 10.1 Å². The van der Waals surface area contributed by atoms with Gasteiger partial charge >= 0.3 is 5.69 Å². The van der Waals surface area contributed by atoms with Gasteiger partial charge in [0.1, 0.15) is 6.61 Å². The Morgan fingerprint density at radius 1 is 1.47 bits per heavy atom. The largest absolute Gasteiger partial charge is 0.484 e. The molecule has 17 heavy (non-hydrogen) atoms. The highest BCUT2D eigenvalue weighted by atomic mass is 16.6. The van der Waals surface area contributed by atoms with Gasteiger partial charge in [-0.15, -0.1) is 0 Å². The third kappa shape index (κ3) is 3.71. The van der Waals surface area contributed by atoms with E-state index in [1.54, 1.807) is 12.1 Å². The smallest absolute Gasteiger partial charge is 0.311 e. The summed E-state index contributed by atoms with van der Waals surface area (Å²) in [6.45, 7) is 3.83. The number of nitro groups is 1. The molecule has 0 amide bonds. The van der Waals surface area contributed by atoms with E-state index in [4.69, 9.17) is 4.74 Å². The lowest BCUT2D eigenvalue weighted by atomic mass is 10.1. The molecule has 1 unspecified atom stereocenters. The molecule has 0 saturated carbocycles. The molecule has 0 fully saturated rings. The molecule has 1 atom stereocenters. The molecular formula is C12H17NO4. The Balaban J connectivity index is 2.87. The van der Waals surface area contributed by atoms with Crippen molar-refractivity contribution in [1.82, 2.24) is 0 Å². The summed E-state index contributed by atoms with van der Waals surface area (Å²) in [6, 6.07) is 4.88. The van der Waals surface area contributed by atoms with Crippen molar-refractivity contribution in [2.24, 2.45) is 0 Å². The molecule has 94 valence electrons. The van der Waals surface area contributed by atoms with Gasteiger partial charge in [0.05, 0.1) is 11.0 Å². The minimum absolute atomic E-state index is 0.0485. The lowest BCUT2D eigenvalue weighted by Gasteiger charge is -2.10. The predicted octanol–water partition coefficient (Wildman–Crippen LogP) is 2.31. The van der Waals surface area contributed by atoms with Crippen LogP contribution in [0.2, 0.25) is 0 Å². The van der Waals surface area contributed by atoms with E-state index in [0.29, 0.717) is 6.42 Å². The van der Waals surface area contributed by atoms with E-state index in [0.717, 1.165) is 12.0 Å². The Hall–Kier alpha value is -1.62. The van der Waals surface area contributed by atoms with Crippen LogP contribution >= 0.6 is 0 Å². The van der Waals surface area contributed by atoms with Crippen molar-refractivity contribution >= 4 is 5.69 Å². The minimum atomic E-state index is -0.597. The van der Waals surface area contributed by atoms with Crippen LogP contribution < -0.4 is 4.74 Å². The standard InChI is InChI=1S/C12H17NO4/c1-3-9-5-6-12(11(7-9)13(15)16)17-8-10(14)4-2/h5-7,10,14H,3-4,8H2,1-2H3. The van der Waals surface area contributed by atoms with Crippen LogP contribution in [-0.2, 0) is 6.42 Å². The molecule has 1 rings (SSSR count). The number of aryl methyl sites for hydroxylation is 1. The van der Waals surface area contributed by atoms with Crippen LogP contribution in [0.15, 0.2) is 18.2 Å². The van der Waals surface area contributed by atoms with Gasteiger partial charge in [0.15, 0.2) is 5.75 Å². The molecule has 0 saturated heterocycles. The maximum atomic E-state index is 10.9. The fraction of sp³-hybridized carbons (Fsp3) is 0.500. The van der Waals surface area contributed by atoms with Crippen LogP contribution in [0.1, 0.15) is 25.8 Å². The van der Waals surface area contributed by atoms with E-state index in [1.807, 2.05) is 13.8 Å².